The Labute approximate surface area is 125 Å². The van der Waals surface area contributed by atoms with Crippen LogP contribution >= 0.6 is 11.3 Å². The molecule has 6 heteroatoms. The number of hydrogen-bond donors (Lipinski definition) is 0. The molecule has 0 unspecified atom stereocenters. The molecule has 3 rings (SSSR count). The lowest BCUT2D eigenvalue weighted by Gasteiger charge is -2.19. The second-order valence-electron chi connectivity index (χ2n) is 4.51. The molecule has 0 bridgehead atoms. The van der Waals surface area contributed by atoms with E-state index in [0.29, 0.717) is 13.1 Å². The van der Waals surface area contributed by atoms with Gasteiger partial charge in [0.1, 0.15) is 5.76 Å². The van der Waals surface area contributed by atoms with Crippen LogP contribution in [-0.2, 0) is 13.0 Å². The van der Waals surface area contributed by atoms with Gasteiger partial charge in [0.15, 0.2) is 0 Å². The first-order chi connectivity index (χ1) is 10.3. The Balaban J connectivity index is 1.72. The third kappa shape index (κ3) is 3.41. The highest BCUT2D eigenvalue weighted by Crippen LogP contribution is 2.14. The molecule has 0 N–H and O–H groups in total. The number of thiophene rings is 1. The minimum atomic E-state index is -0.180. The van der Waals surface area contributed by atoms with Gasteiger partial charge in [-0.3, -0.25) is 4.79 Å². The summed E-state index contributed by atoms with van der Waals surface area (Å²) in [7, 11) is 0. The molecule has 0 atom stereocenters. The van der Waals surface area contributed by atoms with Crippen LogP contribution in [0.25, 0.3) is 0 Å². The van der Waals surface area contributed by atoms with E-state index in [4.69, 9.17) is 8.94 Å². The van der Waals surface area contributed by atoms with Gasteiger partial charge in [0.25, 0.3) is 5.91 Å². The summed E-state index contributed by atoms with van der Waals surface area (Å²) in [5.41, 5.74) is 0. The number of hydrogen-bond acceptors (Lipinski definition) is 5. The standard InChI is InChI=1S/C15H14N2O3S/c18-15(14-5-7-16-20-14)17(11-12-3-1-9-19-12)8-6-13-4-2-10-21-13/h1-5,7,9-10H,6,8,11H2. The molecule has 3 aromatic heterocycles. The number of carbonyl (C=O) groups is 1. The predicted octanol–water partition coefficient (Wildman–Crippen LogP) is 3.21. The summed E-state index contributed by atoms with van der Waals surface area (Å²) < 4.78 is 10.3. The van der Waals surface area contributed by atoms with E-state index >= 15 is 0 Å². The molecule has 0 aliphatic rings. The van der Waals surface area contributed by atoms with E-state index in [9.17, 15) is 4.79 Å². The molecule has 0 saturated carbocycles. The molecule has 108 valence electrons. The van der Waals surface area contributed by atoms with E-state index in [0.717, 1.165) is 12.2 Å². The number of aromatic nitrogens is 1. The maximum absolute atomic E-state index is 12.4. The number of rotatable bonds is 6. The van der Waals surface area contributed by atoms with E-state index in [1.54, 1.807) is 28.6 Å². The highest BCUT2D eigenvalue weighted by molar-refractivity contribution is 7.09. The summed E-state index contributed by atoms with van der Waals surface area (Å²) in [6.45, 7) is 1.01. The molecule has 3 aromatic rings. The molecule has 0 aliphatic carbocycles. The first-order valence-corrected chi connectivity index (χ1v) is 7.45. The summed E-state index contributed by atoms with van der Waals surface area (Å²) in [6, 6.07) is 9.31. The lowest BCUT2D eigenvalue weighted by Crippen LogP contribution is -2.32. The van der Waals surface area contributed by atoms with Crippen LogP contribution in [0.4, 0.5) is 0 Å². The fourth-order valence-corrected chi connectivity index (χ4v) is 2.72. The second kappa shape index (κ2) is 6.41. The minimum absolute atomic E-state index is 0.180. The Morgan fingerprint density at radius 2 is 2.24 bits per heavy atom. The molecule has 0 fully saturated rings. The smallest absolute Gasteiger partial charge is 0.292 e. The molecule has 21 heavy (non-hydrogen) atoms. The largest absolute Gasteiger partial charge is 0.467 e. The van der Waals surface area contributed by atoms with Gasteiger partial charge < -0.3 is 13.8 Å². The highest BCUT2D eigenvalue weighted by Gasteiger charge is 2.20. The topological polar surface area (TPSA) is 59.5 Å². The summed E-state index contributed by atoms with van der Waals surface area (Å²) >= 11 is 1.68. The number of amides is 1. The molecule has 0 spiro atoms. The molecule has 1 amide bonds. The van der Waals surface area contributed by atoms with Gasteiger partial charge in [0.2, 0.25) is 5.76 Å². The predicted molar refractivity (Wildman–Crippen MR) is 78.0 cm³/mol. The van der Waals surface area contributed by atoms with Crippen LogP contribution in [-0.4, -0.2) is 22.5 Å². The van der Waals surface area contributed by atoms with Crippen molar-refractivity contribution < 1.29 is 13.7 Å². The average Bonchev–Trinajstić information content (AvgIpc) is 3.26. The van der Waals surface area contributed by atoms with E-state index < -0.39 is 0 Å². The van der Waals surface area contributed by atoms with Gasteiger partial charge in [-0.15, -0.1) is 11.3 Å². The van der Waals surface area contributed by atoms with E-state index in [1.807, 2.05) is 23.6 Å². The van der Waals surface area contributed by atoms with Gasteiger partial charge in [-0.1, -0.05) is 11.2 Å². The van der Waals surface area contributed by atoms with Crippen molar-refractivity contribution in [1.82, 2.24) is 10.1 Å². The van der Waals surface area contributed by atoms with Gasteiger partial charge in [0.05, 0.1) is 19.0 Å². The SMILES string of the molecule is O=C(c1ccno1)N(CCc1cccs1)Cc1ccco1. The molecule has 0 aromatic carbocycles. The molecule has 0 saturated heterocycles. The Hall–Kier alpha value is -2.34. The van der Waals surface area contributed by atoms with Crippen LogP contribution in [0.5, 0.6) is 0 Å². The maximum Gasteiger partial charge on any atom is 0.292 e. The van der Waals surface area contributed by atoms with Crippen molar-refractivity contribution in [3.63, 3.8) is 0 Å². The van der Waals surface area contributed by atoms with Crippen molar-refractivity contribution in [2.45, 2.75) is 13.0 Å². The molecule has 5 nitrogen and oxygen atoms in total. The third-order valence-corrected chi connectivity index (χ3v) is 4.01. The van der Waals surface area contributed by atoms with Crippen molar-refractivity contribution in [1.29, 1.82) is 0 Å². The van der Waals surface area contributed by atoms with Crippen molar-refractivity contribution in [3.8, 4) is 0 Å². The Kier molecular flexibility index (Phi) is 4.16. The van der Waals surface area contributed by atoms with Crippen LogP contribution in [0.2, 0.25) is 0 Å². The van der Waals surface area contributed by atoms with Crippen molar-refractivity contribution >= 4 is 17.2 Å². The molecular formula is C15H14N2O3S. The summed E-state index contributed by atoms with van der Waals surface area (Å²) in [5.74, 6) is 0.808. The summed E-state index contributed by atoms with van der Waals surface area (Å²) in [6.07, 6.45) is 3.88. The first-order valence-electron chi connectivity index (χ1n) is 6.57. The molecule has 0 radical (unpaired) electrons. The Morgan fingerprint density at radius 3 is 2.90 bits per heavy atom. The zero-order valence-corrected chi connectivity index (χ0v) is 12.1. The lowest BCUT2D eigenvalue weighted by atomic mass is 10.2. The van der Waals surface area contributed by atoms with Crippen molar-refractivity contribution in [2.24, 2.45) is 0 Å². The normalized spacial score (nSPS) is 10.7. The fraction of sp³-hybridized carbons (Fsp3) is 0.200. The first kappa shape index (κ1) is 13.6. The van der Waals surface area contributed by atoms with Gasteiger partial charge in [-0.2, -0.15) is 0 Å². The Morgan fingerprint density at radius 1 is 1.29 bits per heavy atom. The monoisotopic (exact) mass is 302 g/mol. The average molecular weight is 302 g/mol. The van der Waals surface area contributed by atoms with E-state index in [2.05, 4.69) is 11.2 Å². The minimum Gasteiger partial charge on any atom is -0.467 e. The van der Waals surface area contributed by atoms with Crippen LogP contribution in [0.3, 0.4) is 0 Å². The quantitative estimate of drug-likeness (QED) is 0.701. The van der Waals surface area contributed by atoms with Crippen LogP contribution < -0.4 is 0 Å². The zero-order chi connectivity index (χ0) is 14.5. The number of carbonyl (C=O) groups excluding carboxylic acids is 1. The second-order valence-corrected chi connectivity index (χ2v) is 5.54. The van der Waals surface area contributed by atoms with Crippen LogP contribution in [0.1, 0.15) is 21.2 Å². The van der Waals surface area contributed by atoms with Gasteiger partial charge in [0, 0.05) is 17.5 Å². The maximum atomic E-state index is 12.4. The van der Waals surface area contributed by atoms with E-state index in [1.165, 1.54) is 11.1 Å². The molecule has 3 heterocycles. The third-order valence-electron chi connectivity index (χ3n) is 3.07. The van der Waals surface area contributed by atoms with E-state index in [-0.39, 0.29) is 11.7 Å². The van der Waals surface area contributed by atoms with Gasteiger partial charge in [-0.25, -0.2) is 0 Å². The van der Waals surface area contributed by atoms with Crippen LogP contribution in [0, 0.1) is 0 Å². The summed E-state index contributed by atoms with van der Waals surface area (Å²) in [4.78, 5) is 15.4. The number of furan rings is 1. The summed E-state index contributed by atoms with van der Waals surface area (Å²) in [5, 5.41) is 5.62. The zero-order valence-electron chi connectivity index (χ0n) is 11.3. The van der Waals surface area contributed by atoms with Gasteiger partial charge >= 0.3 is 0 Å². The fourth-order valence-electron chi connectivity index (χ4n) is 2.02. The Bertz CT molecular complexity index is 660. The highest BCUT2D eigenvalue weighted by atomic mass is 32.1. The molecule has 0 aliphatic heterocycles. The van der Waals surface area contributed by atoms with Crippen molar-refractivity contribution in [2.75, 3.05) is 6.54 Å². The molecular weight excluding hydrogens is 288 g/mol. The van der Waals surface area contributed by atoms with Gasteiger partial charge in [-0.05, 0) is 30.0 Å². The van der Waals surface area contributed by atoms with Crippen LogP contribution in [0.15, 0.2) is 57.1 Å². The van der Waals surface area contributed by atoms with Crippen molar-refractivity contribution in [3.05, 3.63) is 64.6 Å². The lowest BCUT2D eigenvalue weighted by molar-refractivity contribution is 0.0691. The number of nitrogens with zero attached hydrogens (tertiary/aromatic N) is 2.